The maximum atomic E-state index is 12.3. The highest BCUT2D eigenvalue weighted by molar-refractivity contribution is 6.02. The molecule has 0 fully saturated rings. The summed E-state index contributed by atoms with van der Waals surface area (Å²) in [6.45, 7) is 7.29. The summed E-state index contributed by atoms with van der Waals surface area (Å²) in [5.41, 5.74) is 4.83. The van der Waals surface area contributed by atoms with E-state index in [9.17, 15) is 19.7 Å². The van der Waals surface area contributed by atoms with E-state index in [-0.39, 0.29) is 23.1 Å². The Bertz CT molecular complexity index is 981. The molecule has 2 amide bonds. The normalized spacial score (nSPS) is 11.3. The van der Waals surface area contributed by atoms with Crippen LogP contribution in [0.1, 0.15) is 55.1 Å². The molecule has 0 aliphatic carbocycles. The van der Waals surface area contributed by atoms with Crippen molar-refractivity contribution in [3.8, 4) is 0 Å². The number of amides is 2. The molecule has 0 aliphatic rings. The number of hydrogen-bond acceptors (Lipinski definition) is 5. The van der Waals surface area contributed by atoms with E-state index in [0.717, 1.165) is 18.4 Å². The van der Waals surface area contributed by atoms with E-state index in [2.05, 4.69) is 15.8 Å². The maximum absolute atomic E-state index is 12.3. The highest BCUT2D eigenvalue weighted by Gasteiger charge is 2.16. The average molecular weight is 410 g/mol. The number of aryl methyl sites for hydroxylation is 1. The van der Waals surface area contributed by atoms with Gasteiger partial charge in [0.15, 0.2) is 0 Å². The van der Waals surface area contributed by atoms with Gasteiger partial charge in [0, 0.05) is 28.8 Å². The summed E-state index contributed by atoms with van der Waals surface area (Å²) in [6.07, 6.45) is 1.54. The maximum Gasteiger partial charge on any atom is 0.273 e. The van der Waals surface area contributed by atoms with Crippen molar-refractivity contribution in [1.82, 2.24) is 5.43 Å². The minimum atomic E-state index is -0.546. The Labute approximate surface area is 175 Å². The Kier molecular flexibility index (Phi) is 7.80. The first kappa shape index (κ1) is 22.7. The predicted octanol–water partition coefficient (Wildman–Crippen LogP) is 4.43. The quantitative estimate of drug-likeness (QED) is 0.380. The first-order valence-electron chi connectivity index (χ1n) is 9.77. The van der Waals surface area contributed by atoms with E-state index in [0.29, 0.717) is 17.0 Å². The van der Waals surface area contributed by atoms with E-state index >= 15 is 0 Å². The lowest BCUT2D eigenvalue weighted by atomic mass is 10.0. The van der Waals surface area contributed by atoms with Crippen molar-refractivity contribution in [2.24, 2.45) is 11.0 Å². The van der Waals surface area contributed by atoms with Gasteiger partial charge in [0.05, 0.1) is 10.6 Å². The van der Waals surface area contributed by atoms with Gasteiger partial charge in [0.25, 0.3) is 11.6 Å². The fraction of sp³-hybridized carbons (Fsp3) is 0.318. The number of anilines is 1. The highest BCUT2D eigenvalue weighted by Crippen LogP contribution is 2.19. The molecule has 0 saturated carbocycles. The van der Waals surface area contributed by atoms with Gasteiger partial charge in [-0.25, -0.2) is 5.43 Å². The van der Waals surface area contributed by atoms with Crippen LogP contribution >= 0.6 is 0 Å². The van der Waals surface area contributed by atoms with Crippen LogP contribution < -0.4 is 10.7 Å². The molecule has 0 bridgehead atoms. The van der Waals surface area contributed by atoms with Crippen molar-refractivity contribution in [1.29, 1.82) is 0 Å². The van der Waals surface area contributed by atoms with Crippen LogP contribution in [0.2, 0.25) is 0 Å². The molecule has 0 saturated heterocycles. The van der Waals surface area contributed by atoms with Gasteiger partial charge in [-0.05, 0) is 50.5 Å². The van der Waals surface area contributed by atoms with Gasteiger partial charge in [-0.2, -0.15) is 5.10 Å². The minimum absolute atomic E-state index is 0.0268. The zero-order valence-corrected chi connectivity index (χ0v) is 17.6. The summed E-state index contributed by atoms with van der Waals surface area (Å²) >= 11 is 0. The Balaban J connectivity index is 2.12. The number of carbonyl (C=O) groups is 2. The van der Waals surface area contributed by atoms with Crippen molar-refractivity contribution < 1.29 is 14.5 Å². The van der Waals surface area contributed by atoms with Crippen molar-refractivity contribution in [3.63, 3.8) is 0 Å². The molecule has 0 aromatic heterocycles. The number of hydrogen-bond donors (Lipinski definition) is 2. The van der Waals surface area contributed by atoms with Crippen molar-refractivity contribution in [3.05, 3.63) is 69.3 Å². The smallest absolute Gasteiger partial charge is 0.273 e. The molecule has 0 atom stereocenters. The summed E-state index contributed by atoms with van der Waals surface area (Å²) in [7, 11) is 0. The topological polar surface area (TPSA) is 114 Å². The van der Waals surface area contributed by atoms with Crippen LogP contribution in [0.15, 0.2) is 47.6 Å². The average Bonchev–Trinajstić information content (AvgIpc) is 2.73. The zero-order chi connectivity index (χ0) is 22.3. The van der Waals surface area contributed by atoms with Crippen molar-refractivity contribution in [2.45, 2.75) is 40.5 Å². The Morgan fingerprint density at radius 3 is 2.43 bits per heavy atom. The number of nitrogens with one attached hydrogen (secondary N) is 2. The molecule has 0 spiro atoms. The summed E-state index contributed by atoms with van der Waals surface area (Å²) in [4.78, 5) is 35.1. The fourth-order valence-corrected chi connectivity index (χ4v) is 2.94. The molecule has 2 aromatic rings. The van der Waals surface area contributed by atoms with Crippen molar-refractivity contribution in [2.75, 3.05) is 5.32 Å². The first-order valence-corrected chi connectivity index (χ1v) is 9.77. The van der Waals surface area contributed by atoms with Crippen LogP contribution in [-0.4, -0.2) is 22.4 Å². The Morgan fingerprint density at radius 2 is 1.80 bits per heavy atom. The second-order valence-corrected chi connectivity index (χ2v) is 6.98. The zero-order valence-electron chi connectivity index (χ0n) is 17.6. The number of hydrazone groups is 1. The Morgan fingerprint density at radius 1 is 1.10 bits per heavy atom. The summed E-state index contributed by atoms with van der Waals surface area (Å²) in [6, 6.07) is 11.4. The molecule has 2 aromatic carbocycles. The standard InChI is InChI=1S/C22H26N4O4/c1-5-16(6-2)21(27)23-19-9-7-8-17(12-19)15(4)24-25-22(28)18-11-10-14(3)20(13-18)26(29)30/h7-13,16H,5-6H2,1-4H3,(H,23,27)(H,25,28)/b24-15-. The molecule has 2 rings (SSSR count). The van der Waals surface area contributed by atoms with E-state index < -0.39 is 10.8 Å². The van der Waals surface area contributed by atoms with Crippen LogP contribution in [0.3, 0.4) is 0 Å². The van der Waals surface area contributed by atoms with E-state index in [1.165, 1.54) is 18.2 Å². The van der Waals surface area contributed by atoms with Crippen LogP contribution in [0, 0.1) is 23.0 Å². The molecular weight excluding hydrogens is 384 g/mol. The molecule has 0 heterocycles. The summed E-state index contributed by atoms with van der Waals surface area (Å²) in [5.74, 6) is -0.613. The number of nitro benzene ring substituents is 1. The molecule has 0 radical (unpaired) electrons. The van der Waals surface area contributed by atoms with Crippen LogP contribution in [0.5, 0.6) is 0 Å². The minimum Gasteiger partial charge on any atom is -0.326 e. The van der Waals surface area contributed by atoms with Gasteiger partial charge in [0.1, 0.15) is 0 Å². The third-order valence-corrected chi connectivity index (χ3v) is 4.90. The Hall–Kier alpha value is -3.55. The highest BCUT2D eigenvalue weighted by atomic mass is 16.6. The van der Waals surface area contributed by atoms with E-state index in [1.54, 1.807) is 32.0 Å². The van der Waals surface area contributed by atoms with Crippen LogP contribution in [0.4, 0.5) is 11.4 Å². The fourth-order valence-electron chi connectivity index (χ4n) is 2.94. The molecule has 2 N–H and O–H groups in total. The largest absolute Gasteiger partial charge is 0.326 e. The third kappa shape index (κ3) is 5.73. The summed E-state index contributed by atoms with van der Waals surface area (Å²) in [5, 5.41) is 18.0. The first-order chi connectivity index (χ1) is 14.3. The van der Waals surface area contributed by atoms with Gasteiger partial charge < -0.3 is 5.32 Å². The summed E-state index contributed by atoms with van der Waals surface area (Å²) < 4.78 is 0. The van der Waals surface area contributed by atoms with Gasteiger partial charge >= 0.3 is 0 Å². The number of rotatable bonds is 8. The number of carbonyl (C=O) groups excluding carboxylic acids is 2. The lowest BCUT2D eigenvalue weighted by molar-refractivity contribution is -0.385. The molecule has 8 heteroatoms. The SMILES string of the molecule is CCC(CC)C(=O)Nc1cccc(/C(C)=N\NC(=O)c2ccc(C)c([N+](=O)[O-])c2)c1. The number of nitro groups is 1. The van der Waals surface area contributed by atoms with Gasteiger partial charge in [-0.1, -0.05) is 32.0 Å². The molecule has 0 aliphatic heterocycles. The lowest BCUT2D eigenvalue weighted by Crippen LogP contribution is -2.22. The van der Waals surface area contributed by atoms with E-state index in [4.69, 9.17) is 0 Å². The van der Waals surface area contributed by atoms with Crippen molar-refractivity contribution >= 4 is 28.9 Å². The van der Waals surface area contributed by atoms with Gasteiger partial charge in [-0.15, -0.1) is 0 Å². The number of nitrogens with zero attached hydrogens (tertiary/aromatic N) is 2. The molecular formula is C22H26N4O4. The molecule has 8 nitrogen and oxygen atoms in total. The third-order valence-electron chi connectivity index (χ3n) is 4.90. The molecule has 0 unspecified atom stereocenters. The second-order valence-electron chi connectivity index (χ2n) is 6.98. The lowest BCUT2D eigenvalue weighted by Gasteiger charge is -2.13. The van der Waals surface area contributed by atoms with E-state index in [1.807, 2.05) is 19.9 Å². The van der Waals surface area contributed by atoms with Gasteiger partial charge in [0.2, 0.25) is 5.91 Å². The van der Waals surface area contributed by atoms with Gasteiger partial charge in [-0.3, -0.25) is 19.7 Å². The van der Waals surface area contributed by atoms with Crippen LogP contribution in [0.25, 0.3) is 0 Å². The second kappa shape index (κ2) is 10.3. The number of benzene rings is 2. The predicted molar refractivity (Wildman–Crippen MR) is 117 cm³/mol. The molecule has 158 valence electrons. The van der Waals surface area contributed by atoms with Crippen LogP contribution in [-0.2, 0) is 4.79 Å². The molecule has 30 heavy (non-hydrogen) atoms. The monoisotopic (exact) mass is 410 g/mol.